The van der Waals surface area contributed by atoms with E-state index in [1.165, 1.54) is 16.9 Å². The Labute approximate surface area is 117 Å². The van der Waals surface area contributed by atoms with Crippen molar-refractivity contribution in [1.82, 2.24) is 4.98 Å². The molecule has 0 amide bonds. The first-order valence-electron chi connectivity index (χ1n) is 6.08. The van der Waals surface area contributed by atoms with Gasteiger partial charge in [-0.3, -0.25) is 4.72 Å². The van der Waals surface area contributed by atoms with E-state index in [0.717, 1.165) is 18.5 Å². The van der Waals surface area contributed by atoms with E-state index in [-0.39, 0.29) is 5.75 Å². The lowest BCUT2D eigenvalue weighted by Crippen LogP contribution is -2.14. The largest absolute Gasteiger partial charge is 0.259 e. The number of hydrogen-bond donors (Lipinski definition) is 1. The van der Waals surface area contributed by atoms with Crippen molar-refractivity contribution in [3.63, 3.8) is 0 Å². The fourth-order valence-electron chi connectivity index (χ4n) is 1.59. The second kappa shape index (κ2) is 6.16. The fraction of sp³-hybridized carbons (Fsp3) is 0.308. The Bertz CT molecular complexity index is 621. The molecule has 0 saturated heterocycles. The van der Waals surface area contributed by atoms with Crippen molar-refractivity contribution < 1.29 is 8.42 Å². The Morgan fingerprint density at radius 1 is 1.21 bits per heavy atom. The third kappa shape index (κ3) is 4.33. The van der Waals surface area contributed by atoms with E-state index in [1.54, 1.807) is 6.92 Å². The van der Waals surface area contributed by atoms with Crippen LogP contribution < -0.4 is 4.72 Å². The van der Waals surface area contributed by atoms with E-state index in [2.05, 4.69) is 21.8 Å². The molecular formula is C13H16N2O2S2. The first kappa shape index (κ1) is 14.0. The van der Waals surface area contributed by atoms with Gasteiger partial charge in [-0.15, -0.1) is 11.3 Å². The van der Waals surface area contributed by atoms with Gasteiger partial charge in [0.15, 0.2) is 5.13 Å². The minimum Gasteiger partial charge on any atom is -0.259 e. The summed E-state index contributed by atoms with van der Waals surface area (Å²) < 4.78 is 25.3. The van der Waals surface area contributed by atoms with Gasteiger partial charge >= 0.3 is 0 Å². The molecule has 0 fully saturated rings. The van der Waals surface area contributed by atoms with Gasteiger partial charge in [0.25, 0.3) is 0 Å². The summed E-state index contributed by atoms with van der Waals surface area (Å²) in [4.78, 5) is 4.29. The highest BCUT2D eigenvalue weighted by atomic mass is 32.2. The van der Waals surface area contributed by atoms with E-state index < -0.39 is 10.0 Å². The fourth-order valence-corrected chi connectivity index (χ4v) is 3.21. The third-order valence-electron chi connectivity index (χ3n) is 2.69. The van der Waals surface area contributed by atoms with Gasteiger partial charge in [0.05, 0.1) is 11.4 Å². The van der Waals surface area contributed by atoms with Gasteiger partial charge in [-0.05, 0) is 25.3 Å². The topological polar surface area (TPSA) is 59.1 Å². The lowest BCUT2D eigenvalue weighted by molar-refractivity contribution is 0.602. The van der Waals surface area contributed by atoms with Crippen LogP contribution in [0.5, 0.6) is 0 Å². The number of aromatic nitrogens is 1. The second-order valence-corrected chi connectivity index (χ2v) is 7.00. The highest BCUT2D eigenvalue weighted by Gasteiger charge is 2.10. The molecule has 1 aromatic heterocycles. The van der Waals surface area contributed by atoms with Gasteiger partial charge in [-0.2, -0.15) is 0 Å². The molecular weight excluding hydrogens is 280 g/mol. The minimum atomic E-state index is -3.23. The van der Waals surface area contributed by atoms with Crippen LogP contribution in [-0.4, -0.2) is 19.2 Å². The number of anilines is 1. The number of nitrogens with one attached hydrogen (secondary N) is 1. The normalized spacial score (nSPS) is 11.4. The van der Waals surface area contributed by atoms with Crippen molar-refractivity contribution in [3.05, 3.63) is 47.0 Å². The van der Waals surface area contributed by atoms with E-state index in [0.29, 0.717) is 5.13 Å². The van der Waals surface area contributed by atoms with Crippen LogP contribution >= 0.6 is 11.3 Å². The standard InChI is InChI=1S/C13H16N2O2S2/c1-2-19(16,17)15-13-14-12(10-18-13)9-8-11-6-4-3-5-7-11/h3-7,10H,2,8-9H2,1H3,(H,14,15). The highest BCUT2D eigenvalue weighted by Crippen LogP contribution is 2.18. The Hall–Kier alpha value is -1.40. The SMILES string of the molecule is CCS(=O)(=O)Nc1nc(CCc2ccccc2)cs1. The molecule has 1 N–H and O–H groups in total. The summed E-state index contributed by atoms with van der Waals surface area (Å²) in [5.41, 5.74) is 2.17. The smallest absolute Gasteiger partial charge is 0.234 e. The average molecular weight is 296 g/mol. The van der Waals surface area contributed by atoms with Crippen LogP contribution in [0.1, 0.15) is 18.2 Å². The zero-order valence-corrected chi connectivity index (χ0v) is 12.3. The number of nitrogens with zero attached hydrogens (tertiary/aromatic N) is 1. The molecule has 0 spiro atoms. The maximum Gasteiger partial charge on any atom is 0.234 e. The van der Waals surface area contributed by atoms with E-state index in [1.807, 2.05) is 23.6 Å². The summed E-state index contributed by atoms with van der Waals surface area (Å²) in [5.74, 6) is 0.0614. The summed E-state index contributed by atoms with van der Waals surface area (Å²) >= 11 is 1.33. The van der Waals surface area contributed by atoms with Crippen LogP contribution in [0.2, 0.25) is 0 Å². The van der Waals surface area contributed by atoms with Crippen LogP contribution in [-0.2, 0) is 22.9 Å². The zero-order valence-electron chi connectivity index (χ0n) is 10.7. The molecule has 6 heteroatoms. The molecule has 1 aromatic carbocycles. The molecule has 19 heavy (non-hydrogen) atoms. The summed E-state index contributed by atoms with van der Waals surface area (Å²) in [5, 5.41) is 2.35. The van der Waals surface area contributed by atoms with Crippen molar-refractivity contribution in [2.24, 2.45) is 0 Å². The Morgan fingerprint density at radius 3 is 2.63 bits per heavy atom. The maximum atomic E-state index is 11.4. The number of sulfonamides is 1. The predicted octanol–water partition coefficient (Wildman–Crippen LogP) is 2.69. The van der Waals surface area contributed by atoms with Crippen molar-refractivity contribution in [2.45, 2.75) is 19.8 Å². The Balaban J connectivity index is 1.95. The van der Waals surface area contributed by atoms with Crippen LogP contribution in [0.3, 0.4) is 0 Å². The monoisotopic (exact) mass is 296 g/mol. The molecule has 0 aliphatic rings. The van der Waals surface area contributed by atoms with E-state index in [4.69, 9.17) is 0 Å². The van der Waals surface area contributed by atoms with Crippen molar-refractivity contribution >= 4 is 26.5 Å². The number of rotatable bonds is 6. The summed E-state index contributed by atoms with van der Waals surface area (Å²) in [6, 6.07) is 10.2. The van der Waals surface area contributed by atoms with Crippen molar-refractivity contribution in [3.8, 4) is 0 Å². The summed E-state index contributed by atoms with van der Waals surface area (Å²) in [6.07, 6.45) is 1.72. The predicted molar refractivity (Wildman–Crippen MR) is 79.0 cm³/mol. The van der Waals surface area contributed by atoms with Gasteiger partial charge in [-0.25, -0.2) is 13.4 Å². The lowest BCUT2D eigenvalue weighted by Gasteiger charge is -2.01. The summed E-state index contributed by atoms with van der Waals surface area (Å²) in [6.45, 7) is 1.60. The van der Waals surface area contributed by atoms with E-state index >= 15 is 0 Å². The number of hydrogen-bond acceptors (Lipinski definition) is 4. The van der Waals surface area contributed by atoms with Gasteiger partial charge in [0.2, 0.25) is 10.0 Å². The average Bonchev–Trinajstić information content (AvgIpc) is 2.84. The lowest BCUT2D eigenvalue weighted by atomic mass is 10.1. The highest BCUT2D eigenvalue weighted by molar-refractivity contribution is 7.92. The molecule has 2 rings (SSSR count). The van der Waals surface area contributed by atoms with Gasteiger partial charge < -0.3 is 0 Å². The molecule has 2 aromatic rings. The molecule has 0 saturated carbocycles. The van der Waals surface area contributed by atoms with Crippen LogP contribution in [0.15, 0.2) is 35.7 Å². The first-order chi connectivity index (χ1) is 9.09. The third-order valence-corrected chi connectivity index (χ3v) is 4.89. The van der Waals surface area contributed by atoms with Crippen molar-refractivity contribution in [1.29, 1.82) is 0 Å². The molecule has 1 heterocycles. The molecule has 102 valence electrons. The molecule has 0 unspecified atom stereocenters. The molecule has 0 bridgehead atoms. The molecule has 0 radical (unpaired) electrons. The van der Waals surface area contributed by atoms with Gasteiger partial charge in [0, 0.05) is 5.38 Å². The molecule has 0 atom stereocenters. The Kier molecular flexibility index (Phi) is 4.55. The number of aryl methyl sites for hydroxylation is 2. The maximum absolute atomic E-state index is 11.4. The van der Waals surface area contributed by atoms with Crippen molar-refractivity contribution in [2.75, 3.05) is 10.5 Å². The minimum absolute atomic E-state index is 0.0614. The van der Waals surface area contributed by atoms with Crippen LogP contribution in [0, 0.1) is 0 Å². The Morgan fingerprint density at radius 2 is 1.95 bits per heavy atom. The first-order valence-corrected chi connectivity index (χ1v) is 8.61. The summed E-state index contributed by atoms with van der Waals surface area (Å²) in [7, 11) is -3.23. The van der Waals surface area contributed by atoms with Gasteiger partial charge in [0.1, 0.15) is 0 Å². The second-order valence-electron chi connectivity index (χ2n) is 4.14. The molecule has 4 nitrogen and oxygen atoms in total. The zero-order chi connectivity index (χ0) is 13.7. The van der Waals surface area contributed by atoms with Gasteiger partial charge in [-0.1, -0.05) is 30.3 Å². The number of benzene rings is 1. The van der Waals surface area contributed by atoms with Crippen LogP contribution in [0.4, 0.5) is 5.13 Å². The van der Waals surface area contributed by atoms with Crippen LogP contribution in [0.25, 0.3) is 0 Å². The number of thiazole rings is 1. The molecule has 0 aliphatic carbocycles. The van der Waals surface area contributed by atoms with E-state index in [9.17, 15) is 8.42 Å². The molecule has 0 aliphatic heterocycles. The quantitative estimate of drug-likeness (QED) is 0.891.